The molecular weight excluding hydrogens is 484 g/mol. The zero-order chi connectivity index (χ0) is 21.2. The zero-order valence-electron chi connectivity index (χ0n) is 16.1. The van der Waals surface area contributed by atoms with E-state index in [2.05, 4.69) is 56.6 Å². The van der Waals surface area contributed by atoms with Gasteiger partial charge in [-0.1, -0.05) is 11.3 Å². The highest BCUT2D eigenvalue weighted by Crippen LogP contribution is 2.31. The number of H-pyrrole nitrogens is 1. The number of benzene rings is 1. The van der Waals surface area contributed by atoms with Crippen LogP contribution in [0.4, 0.5) is 22.5 Å². The van der Waals surface area contributed by atoms with Gasteiger partial charge in [-0.2, -0.15) is 5.10 Å². The topological polar surface area (TPSA) is 121 Å². The molecule has 31 heavy (non-hydrogen) atoms. The zero-order valence-corrected chi connectivity index (χ0v) is 18.5. The Bertz CT molecular complexity index is 1240. The van der Waals surface area contributed by atoms with Crippen LogP contribution >= 0.6 is 27.3 Å². The summed E-state index contributed by atoms with van der Waals surface area (Å²) in [6.07, 6.45) is 4.73. The number of rotatable bonds is 5. The van der Waals surface area contributed by atoms with Crippen molar-refractivity contribution in [2.75, 3.05) is 41.8 Å². The van der Waals surface area contributed by atoms with Crippen molar-refractivity contribution in [3.63, 3.8) is 0 Å². The van der Waals surface area contributed by atoms with Gasteiger partial charge < -0.3 is 20.3 Å². The van der Waals surface area contributed by atoms with E-state index in [0.29, 0.717) is 34.7 Å². The Labute approximate surface area is 189 Å². The van der Waals surface area contributed by atoms with Gasteiger partial charge in [-0.25, -0.2) is 15.0 Å². The summed E-state index contributed by atoms with van der Waals surface area (Å²) in [5, 5.41) is 14.4. The van der Waals surface area contributed by atoms with Crippen LogP contribution in [0.1, 0.15) is 9.67 Å². The Morgan fingerprint density at radius 1 is 1.19 bits per heavy atom. The number of aromatic amines is 1. The first-order valence-corrected chi connectivity index (χ1v) is 11.1. The Balaban J connectivity index is 1.30. The van der Waals surface area contributed by atoms with Gasteiger partial charge in [0.25, 0.3) is 5.91 Å². The molecular formula is C19H17BrN8O2S. The van der Waals surface area contributed by atoms with E-state index in [1.54, 1.807) is 6.20 Å². The van der Waals surface area contributed by atoms with Crippen LogP contribution in [0, 0.1) is 0 Å². The maximum atomic E-state index is 12.8. The fourth-order valence-electron chi connectivity index (χ4n) is 3.22. The summed E-state index contributed by atoms with van der Waals surface area (Å²) < 4.78 is 6.16. The molecule has 3 N–H and O–H groups in total. The van der Waals surface area contributed by atoms with Crippen LogP contribution < -0.4 is 15.5 Å². The third-order valence-electron chi connectivity index (χ3n) is 4.76. The number of halogens is 1. The molecule has 12 heteroatoms. The molecule has 0 atom stereocenters. The van der Waals surface area contributed by atoms with E-state index in [1.165, 1.54) is 23.9 Å². The van der Waals surface area contributed by atoms with Crippen molar-refractivity contribution in [2.45, 2.75) is 0 Å². The number of fused-ring (bicyclic) bond motifs is 1. The summed E-state index contributed by atoms with van der Waals surface area (Å²) in [6.45, 7) is 2.94. The summed E-state index contributed by atoms with van der Waals surface area (Å²) in [5.74, 6) is 1.19. The molecule has 1 aliphatic rings. The molecule has 0 spiro atoms. The molecule has 4 heterocycles. The molecule has 10 nitrogen and oxygen atoms in total. The predicted molar refractivity (Wildman–Crippen MR) is 122 cm³/mol. The first-order valence-electron chi connectivity index (χ1n) is 9.48. The van der Waals surface area contributed by atoms with Gasteiger partial charge in [-0.05, 0) is 28.1 Å². The van der Waals surface area contributed by atoms with Crippen molar-refractivity contribution < 1.29 is 9.53 Å². The fourth-order valence-corrected chi connectivity index (χ4v) is 4.38. The van der Waals surface area contributed by atoms with E-state index in [4.69, 9.17) is 4.74 Å². The van der Waals surface area contributed by atoms with Gasteiger partial charge in [0.15, 0.2) is 5.13 Å². The molecule has 158 valence electrons. The number of thiazole rings is 1. The molecule has 5 rings (SSSR count). The minimum atomic E-state index is -0.253. The Morgan fingerprint density at radius 2 is 2.06 bits per heavy atom. The smallest absolute Gasteiger partial charge is 0.267 e. The van der Waals surface area contributed by atoms with Crippen LogP contribution in [0.3, 0.4) is 0 Å². The van der Waals surface area contributed by atoms with Crippen LogP contribution in [0.5, 0.6) is 0 Å². The average Bonchev–Trinajstić information content (AvgIpc) is 3.46. The highest BCUT2D eigenvalue weighted by atomic mass is 79.9. The van der Waals surface area contributed by atoms with Crippen molar-refractivity contribution in [1.29, 1.82) is 0 Å². The molecule has 1 amide bonds. The molecule has 0 aliphatic carbocycles. The van der Waals surface area contributed by atoms with Gasteiger partial charge in [-0.3, -0.25) is 9.89 Å². The molecule has 4 aromatic rings. The molecule has 0 bridgehead atoms. The van der Waals surface area contributed by atoms with Crippen molar-refractivity contribution in [2.24, 2.45) is 0 Å². The quantitative estimate of drug-likeness (QED) is 0.381. The Hall–Kier alpha value is -3.09. The highest BCUT2D eigenvalue weighted by molar-refractivity contribution is 9.10. The number of hydrogen-bond donors (Lipinski definition) is 3. The van der Waals surface area contributed by atoms with E-state index in [9.17, 15) is 4.79 Å². The minimum absolute atomic E-state index is 0.253. The second kappa shape index (κ2) is 8.57. The van der Waals surface area contributed by atoms with Gasteiger partial charge in [0.05, 0.1) is 36.8 Å². The highest BCUT2D eigenvalue weighted by Gasteiger charge is 2.17. The predicted octanol–water partition coefficient (Wildman–Crippen LogP) is 3.40. The lowest BCUT2D eigenvalue weighted by Crippen LogP contribution is -2.36. The molecule has 0 saturated carbocycles. The van der Waals surface area contributed by atoms with Gasteiger partial charge in [0.1, 0.15) is 22.8 Å². The van der Waals surface area contributed by atoms with Crippen molar-refractivity contribution in [3.8, 4) is 0 Å². The van der Waals surface area contributed by atoms with Crippen molar-refractivity contribution in [1.82, 2.24) is 25.1 Å². The average molecular weight is 501 g/mol. The van der Waals surface area contributed by atoms with Crippen LogP contribution in [-0.4, -0.2) is 57.4 Å². The molecule has 3 aromatic heterocycles. The van der Waals surface area contributed by atoms with E-state index < -0.39 is 0 Å². The summed E-state index contributed by atoms with van der Waals surface area (Å²) in [7, 11) is 0. The fraction of sp³-hybridized carbons (Fsp3) is 0.211. The number of morpholine rings is 1. The maximum Gasteiger partial charge on any atom is 0.267 e. The first kappa shape index (κ1) is 19.8. The number of nitrogens with one attached hydrogen (secondary N) is 3. The second-order valence-corrected chi connectivity index (χ2v) is 8.61. The van der Waals surface area contributed by atoms with Gasteiger partial charge in [0, 0.05) is 29.0 Å². The molecule has 0 unspecified atom stereocenters. The number of amides is 1. The third-order valence-corrected chi connectivity index (χ3v) is 6.34. The maximum absolute atomic E-state index is 12.8. The molecule has 0 radical (unpaired) electrons. The number of carbonyl (C=O) groups excluding carboxylic acids is 1. The molecule has 1 fully saturated rings. The summed E-state index contributed by atoms with van der Waals surface area (Å²) in [6, 6.07) is 5.61. The van der Waals surface area contributed by atoms with E-state index in [0.717, 1.165) is 34.3 Å². The lowest BCUT2D eigenvalue weighted by atomic mass is 10.2. The number of carbonyl (C=O) groups is 1. The van der Waals surface area contributed by atoms with Crippen molar-refractivity contribution in [3.05, 3.63) is 46.3 Å². The van der Waals surface area contributed by atoms with Crippen LogP contribution in [0.2, 0.25) is 0 Å². The summed E-state index contributed by atoms with van der Waals surface area (Å²) >= 11 is 4.73. The molecule has 1 aliphatic heterocycles. The van der Waals surface area contributed by atoms with Gasteiger partial charge in [-0.15, -0.1) is 0 Å². The summed E-state index contributed by atoms with van der Waals surface area (Å²) in [5.41, 5.74) is 1.50. The minimum Gasteiger partial charge on any atom is -0.378 e. The monoisotopic (exact) mass is 500 g/mol. The number of ether oxygens (including phenoxy) is 1. The normalized spacial score (nSPS) is 14.0. The van der Waals surface area contributed by atoms with E-state index >= 15 is 0 Å². The lowest BCUT2D eigenvalue weighted by Gasteiger charge is -2.27. The van der Waals surface area contributed by atoms with Crippen LogP contribution in [0.15, 0.2) is 41.4 Å². The Kier molecular flexibility index (Phi) is 5.49. The lowest BCUT2D eigenvalue weighted by molar-refractivity contribution is 0.103. The van der Waals surface area contributed by atoms with Crippen molar-refractivity contribution >= 4 is 66.5 Å². The third kappa shape index (κ3) is 4.22. The largest absolute Gasteiger partial charge is 0.378 e. The summed E-state index contributed by atoms with van der Waals surface area (Å²) in [4.78, 5) is 28.3. The standard InChI is InChI=1S/C19H17BrN8O2S/c20-12-1-2-13-11(8-24-27-13)17(12)26-18(29)14-9-21-19(31-14)25-15-7-16(23-10-22-15)28-3-5-30-6-4-28/h1-2,7-10H,3-6H2,(H,24,27)(H,26,29)(H,21,22,23,25). The van der Waals surface area contributed by atoms with Gasteiger partial charge >= 0.3 is 0 Å². The SMILES string of the molecule is O=C(Nc1c(Br)ccc2[nH]ncc12)c1cnc(Nc2cc(N3CCOCC3)ncn2)s1. The van der Waals surface area contributed by atoms with E-state index in [-0.39, 0.29) is 5.91 Å². The van der Waals surface area contributed by atoms with Gasteiger partial charge in [0.2, 0.25) is 0 Å². The van der Waals surface area contributed by atoms with E-state index in [1.807, 2.05) is 18.2 Å². The number of aromatic nitrogens is 5. The molecule has 1 aromatic carbocycles. The second-order valence-electron chi connectivity index (χ2n) is 6.72. The van der Waals surface area contributed by atoms with Crippen LogP contribution in [-0.2, 0) is 4.74 Å². The Morgan fingerprint density at radius 3 is 2.94 bits per heavy atom. The van der Waals surface area contributed by atoms with Crippen LogP contribution in [0.25, 0.3) is 10.9 Å². The first-order chi connectivity index (χ1) is 15.2. The number of nitrogens with zero attached hydrogens (tertiary/aromatic N) is 5. The molecule has 1 saturated heterocycles. The number of hydrogen-bond acceptors (Lipinski definition) is 9. The number of anilines is 4.